The van der Waals surface area contributed by atoms with Gasteiger partial charge in [0.2, 0.25) is 0 Å². The molecule has 19 heavy (non-hydrogen) atoms. The maximum Gasteiger partial charge on any atom is 0.165 e. The van der Waals surface area contributed by atoms with Gasteiger partial charge in [0.15, 0.2) is 5.75 Å². The second-order valence-corrected chi connectivity index (χ2v) is 5.58. The van der Waals surface area contributed by atoms with Crippen molar-refractivity contribution in [3.05, 3.63) is 17.7 Å². The molecule has 0 spiro atoms. The number of nitrogens with zero attached hydrogens (tertiary/aromatic N) is 1. The second-order valence-electron chi connectivity index (χ2n) is 5.58. The molecule has 104 valence electrons. The average molecular weight is 261 g/mol. The zero-order chi connectivity index (χ0) is 13.2. The van der Waals surface area contributed by atoms with Crippen LogP contribution in [0.5, 0.6) is 5.75 Å². The van der Waals surface area contributed by atoms with Crippen molar-refractivity contribution in [3.8, 4) is 5.75 Å². The maximum atomic E-state index is 5.92. The highest BCUT2D eigenvalue weighted by molar-refractivity contribution is 5.75. The van der Waals surface area contributed by atoms with Crippen molar-refractivity contribution in [1.29, 1.82) is 0 Å². The number of nitrogens with one attached hydrogen (secondary N) is 2. The molecule has 2 heterocycles. The van der Waals surface area contributed by atoms with Gasteiger partial charge in [-0.25, -0.2) is 0 Å². The van der Waals surface area contributed by atoms with E-state index < -0.39 is 0 Å². The van der Waals surface area contributed by atoms with Crippen LogP contribution in [0.4, 0.5) is 11.4 Å². The highest BCUT2D eigenvalue weighted by Gasteiger charge is 2.22. The summed E-state index contributed by atoms with van der Waals surface area (Å²) in [6.07, 6.45) is 0. The molecule has 0 aliphatic carbocycles. The molecule has 4 heteroatoms. The Morgan fingerprint density at radius 3 is 2.68 bits per heavy atom. The Kier molecular flexibility index (Phi) is 3.51. The fourth-order valence-electron chi connectivity index (χ4n) is 2.73. The van der Waals surface area contributed by atoms with Gasteiger partial charge in [-0.2, -0.15) is 0 Å². The van der Waals surface area contributed by atoms with Gasteiger partial charge in [-0.1, -0.05) is 13.8 Å². The lowest BCUT2D eigenvalue weighted by Crippen LogP contribution is -2.44. The van der Waals surface area contributed by atoms with Crippen LogP contribution < -0.4 is 20.3 Å². The van der Waals surface area contributed by atoms with Crippen molar-refractivity contribution < 1.29 is 4.74 Å². The first kappa shape index (κ1) is 12.6. The summed E-state index contributed by atoms with van der Waals surface area (Å²) < 4.78 is 5.92. The second kappa shape index (κ2) is 5.29. The number of rotatable bonds is 2. The maximum absolute atomic E-state index is 5.92. The van der Waals surface area contributed by atoms with Crippen LogP contribution in [0.1, 0.15) is 25.3 Å². The molecule has 2 aliphatic rings. The number of hydrogen-bond donors (Lipinski definition) is 2. The Hall–Kier alpha value is -1.42. The van der Waals surface area contributed by atoms with Gasteiger partial charge in [0, 0.05) is 32.7 Å². The van der Waals surface area contributed by atoms with Gasteiger partial charge >= 0.3 is 0 Å². The topological polar surface area (TPSA) is 36.5 Å². The molecule has 0 aromatic heterocycles. The van der Waals surface area contributed by atoms with Crippen LogP contribution in [-0.2, 0) is 0 Å². The molecule has 2 aliphatic heterocycles. The van der Waals surface area contributed by atoms with Crippen LogP contribution in [0.15, 0.2) is 12.1 Å². The van der Waals surface area contributed by atoms with E-state index in [1.165, 1.54) is 11.3 Å². The summed E-state index contributed by atoms with van der Waals surface area (Å²) in [5, 5.41) is 6.87. The Morgan fingerprint density at radius 2 is 1.95 bits per heavy atom. The largest absolute Gasteiger partial charge is 0.487 e. The Labute approximate surface area is 115 Å². The zero-order valence-electron chi connectivity index (χ0n) is 11.8. The quantitative estimate of drug-likeness (QED) is 0.854. The van der Waals surface area contributed by atoms with E-state index in [0.717, 1.165) is 50.8 Å². The summed E-state index contributed by atoms with van der Waals surface area (Å²) in [6.45, 7) is 10.3. The molecule has 4 nitrogen and oxygen atoms in total. The lowest BCUT2D eigenvalue weighted by molar-refractivity contribution is 0.323. The lowest BCUT2D eigenvalue weighted by atomic mass is 10.00. The highest BCUT2D eigenvalue weighted by atomic mass is 16.5. The molecule has 1 aromatic carbocycles. The number of piperazine rings is 1. The molecule has 0 atom stereocenters. The van der Waals surface area contributed by atoms with Crippen LogP contribution in [0.3, 0.4) is 0 Å². The summed E-state index contributed by atoms with van der Waals surface area (Å²) in [7, 11) is 0. The Balaban J connectivity index is 2.01. The minimum atomic E-state index is 0.538. The zero-order valence-corrected chi connectivity index (χ0v) is 11.8. The highest BCUT2D eigenvalue weighted by Crippen LogP contribution is 2.40. The van der Waals surface area contributed by atoms with Crippen molar-refractivity contribution in [2.75, 3.05) is 49.5 Å². The van der Waals surface area contributed by atoms with Crippen molar-refractivity contribution in [1.82, 2.24) is 5.32 Å². The van der Waals surface area contributed by atoms with E-state index in [2.05, 4.69) is 41.5 Å². The normalized spacial score (nSPS) is 18.8. The molecule has 1 aromatic rings. The third kappa shape index (κ3) is 2.50. The van der Waals surface area contributed by atoms with Crippen molar-refractivity contribution >= 4 is 11.4 Å². The molecule has 3 rings (SSSR count). The SMILES string of the molecule is CC(C)c1cc2c(c(N3CCNCC3)c1)OCCN2. The van der Waals surface area contributed by atoms with E-state index in [1.807, 2.05) is 0 Å². The van der Waals surface area contributed by atoms with E-state index in [9.17, 15) is 0 Å². The molecule has 0 bridgehead atoms. The van der Waals surface area contributed by atoms with Crippen LogP contribution in [0.25, 0.3) is 0 Å². The lowest BCUT2D eigenvalue weighted by Gasteiger charge is -2.33. The number of hydrogen-bond acceptors (Lipinski definition) is 4. The molecular formula is C15H23N3O. The van der Waals surface area contributed by atoms with Gasteiger partial charge < -0.3 is 20.3 Å². The van der Waals surface area contributed by atoms with E-state index in [-0.39, 0.29) is 0 Å². The third-order valence-corrected chi connectivity index (χ3v) is 3.88. The van der Waals surface area contributed by atoms with Gasteiger partial charge in [0.05, 0.1) is 11.4 Å². The minimum Gasteiger partial charge on any atom is -0.487 e. The summed E-state index contributed by atoms with van der Waals surface area (Å²) in [5.74, 6) is 1.58. The number of benzene rings is 1. The summed E-state index contributed by atoms with van der Waals surface area (Å²) >= 11 is 0. The molecule has 1 saturated heterocycles. The summed E-state index contributed by atoms with van der Waals surface area (Å²) in [5.41, 5.74) is 3.80. The molecule has 0 unspecified atom stereocenters. The van der Waals surface area contributed by atoms with E-state index >= 15 is 0 Å². The van der Waals surface area contributed by atoms with Crippen molar-refractivity contribution in [3.63, 3.8) is 0 Å². The predicted molar refractivity (Wildman–Crippen MR) is 79.6 cm³/mol. The van der Waals surface area contributed by atoms with Crippen molar-refractivity contribution in [2.24, 2.45) is 0 Å². The first-order valence-corrected chi connectivity index (χ1v) is 7.26. The van der Waals surface area contributed by atoms with Gasteiger partial charge in [-0.15, -0.1) is 0 Å². The van der Waals surface area contributed by atoms with Crippen LogP contribution in [0.2, 0.25) is 0 Å². The van der Waals surface area contributed by atoms with E-state index in [1.54, 1.807) is 0 Å². The minimum absolute atomic E-state index is 0.538. The third-order valence-electron chi connectivity index (χ3n) is 3.88. The molecule has 0 amide bonds. The van der Waals surface area contributed by atoms with Crippen LogP contribution in [0, 0.1) is 0 Å². The fourth-order valence-corrected chi connectivity index (χ4v) is 2.73. The van der Waals surface area contributed by atoms with Gasteiger partial charge in [-0.3, -0.25) is 0 Å². The smallest absolute Gasteiger partial charge is 0.165 e. The van der Waals surface area contributed by atoms with E-state index in [4.69, 9.17) is 4.74 Å². The number of anilines is 2. The summed E-state index contributed by atoms with van der Waals surface area (Å²) in [6, 6.07) is 4.55. The molecule has 0 radical (unpaired) electrons. The first-order valence-electron chi connectivity index (χ1n) is 7.26. The van der Waals surface area contributed by atoms with Crippen molar-refractivity contribution in [2.45, 2.75) is 19.8 Å². The fraction of sp³-hybridized carbons (Fsp3) is 0.600. The molecule has 0 saturated carbocycles. The monoisotopic (exact) mass is 261 g/mol. The molecular weight excluding hydrogens is 238 g/mol. The van der Waals surface area contributed by atoms with Crippen LogP contribution in [-0.4, -0.2) is 39.3 Å². The molecule has 2 N–H and O–H groups in total. The predicted octanol–water partition coefficient (Wildman–Crippen LogP) is 2.02. The Morgan fingerprint density at radius 1 is 1.16 bits per heavy atom. The Bertz CT molecular complexity index is 453. The standard InChI is InChI=1S/C15H23N3O/c1-11(2)12-9-13-15(19-8-5-17-13)14(10-12)18-6-3-16-4-7-18/h9-11,16-17H,3-8H2,1-2H3. The number of fused-ring (bicyclic) bond motifs is 1. The van der Waals surface area contributed by atoms with Gasteiger partial charge in [-0.05, 0) is 23.6 Å². The van der Waals surface area contributed by atoms with Gasteiger partial charge in [0.1, 0.15) is 6.61 Å². The average Bonchev–Trinajstić information content (AvgIpc) is 2.47. The number of ether oxygens (including phenoxy) is 1. The molecule has 1 fully saturated rings. The first-order chi connectivity index (χ1) is 9.25. The van der Waals surface area contributed by atoms with Gasteiger partial charge in [0.25, 0.3) is 0 Å². The van der Waals surface area contributed by atoms with E-state index in [0.29, 0.717) is 5.92 Å². The summed E-state index contributed by atoms with van der Waals surface area (Å²) in [4.78, 5) is 2.44. The van der Waals surface area contributed by atoms with Crippen LogP contribution >= 0.6 is 0 Å².